The topological polar surface area (TPSA) is 80.2 Å². The Morgan fingerprint density at radius 1 is 1.25 bits per heavy atom. The van der Waals surface area contributed by atoms with E-state index in [1.54, 1.807) is 22.7 Å². The number of hydrogen-bond donors (Lipinski definition) is 1. The summed E-state index contributed by atoms with van der Waals surface area (Å²) in [5.41, 5.74) is 2.04. The number of ether oxygens (including phenoxy) is 1. The quantitative estimate of drug-likeness (QED) is 0.558. The summed E-state index contributed by atoms with van der Waals surface area (Å²) in [6.07, 6.45) is 3.77. The Balaban J connectivity index is 0.000000169. The molecule has 0 aliphatic carbocycles. The molecule has 0 radical (unpaired) electrons. The predicted molar refractivity (Wildman–Crippen MR) is 114 cm³/mol. The number of aromatic amines is 1. The zero-order chi connectivity index (χ0) is 20.5. The van der Waals surface area contributed by atoms with Gasteiger partial charge in [0.05, 0.1) is 22.7 Å². The van der Waals surface area contributed by atoms with Gasteiger partial charge in [-0.2, -0.15) is 0 Å². The van der Waals surface area contributed by atoms with Crippen LogP contribution in [-0.2, 0) is 11.8 Å². The van der Waals surface area contributed by atoms with Crippen molar-refractivity contribution in [3.05, 3.63) is 39.4 Å². The number of rotatable bonds is 0. The van der Waals surface area contributed by atoms with Crippen LogP contribution in [0, 0.1) is 0 Å². The molecule has 1 fully saturated rings. The zero-order valence-electron chi connectivity index (χ0n) is 16.6. The number of carbonyl (C=O) groups is 1. The standard InChI is InChI=1S/C11H8BrN3O.C9H17NO2/c1-15-9-5-13-8-3-2-6(12)4-7(8)10(9)14-11(15)16;1-9(2,3)12-8(11)10-6-4-5-7-10/h2-5H,1H3,(H,14,16);4-7H2,1-3H3. The lowest BCUT2D eigenvalue weighted by Crippen LogP contribution is -2.34. The molecule has 3 heterocycles. The maximum Gasteiger partial charge on any atom is 0.410 e. The van der Waals surface area contributed by atoms with E-state index < -0.39 is 0 Å². The number of imidazole rings is 1. The van der Waals surface area contributed by atoms with Crippen molar-refractivity contribution >= 4 is 44.0 Å². The summed E-state index contributed by atoms with van der Waals surface area (Å²) in [4.78, 5) is 31.8. The lowest BCUT2D eigenvalue weighted by molar-refractivity contribution is 0.0295. The monoisotopic (exact) mass is 448 g/mol. The van der Waals surface area contributed by atoms with E-state index in [0.29, 0.717) is 0 Å². The molecule has 28 heavy (non-hydrogen) atoms. The molecule has 4 rings (SSSR count). The highest BCUT2D eigenvalue weighted by atomic mass is 79.9. The Hall–Kier alpha value is -2.35. The summed E-state index contributed by atoms with van der Waals surface area (Å²) in [6.45, 7) is 7.38. The van der Waals surface area contributed by atoms with E-state index in [-0.39, 0.29) is 17.4 Å². The minimum atomic E-state index is -0.361. The fourth-order valence-electron chi connectivity index (χ4n) is 3.07. The van der Waals surface area contributed by atoms with Crippen LogP contribution < -0.4 is 5.69 Å². The van der Waals surface area contributed by atoms with Crippen LogP contribution in [0.5, 0.6) is 0 Å². The van der Waals surface area contributed by atoms with Crippen molar-refractivity contribution in [1.29, 1.82) is 0 Å². The van der Waals surface area contributed by atoms with E-state index in [1.807, 2.05) is 39.0 Å². The molecule has 0 bridgehead atoms. The van der Waals surface area contributed by atoms with Gasteiger partial charge in [0.1, 0.15) is 5.60 Å². The molecule has 150 valence electrons. The molecule has 2 aromatic heterocycles. The van der Waals surface area contributed by atoms with Gasteiger partial charge < -0.3 is 14.6 Å². The first kappa shape index (κ1) is 20.4. The summed E-state index contributed by atoms with van der Waals surface area (Å²) in [6, 6.07) is 5.81. The van der Waals surface area contributed by atoms with E-state index in [0.717, 1.165) is 52.3 Å². The minimum absolute atomic E-state index is 0.121. The molecule has 1 N–H and O–H groups in total. The normalized spacial score (nSPS) is 14.2. The molecular formula is C20H25BrN4O3. The molecule has 1 aromatic carbocycles. The van der Waals surface area contributed by atoms with Crippen molar-refractivity contribution in [2.24, 2.45) is 7.05 Å². The molecule has 1 aliphatic heterocycles. The third-order valence-electron chi connectivity index (χ3n) is 4.47. The fourth-order valence-corrected chi connectivity index (χ4v) is 3.43. The van der Waals surface area contributed by atoms with Crippen molar-refractivity contribution < 1.29 is 9.53 Å². The minimum Gasteiger partial charge on any atom is -0.444 e. The Morgan fingerprint density at radius 2 is 1.93 bits per heavy atom. The van der Waals surface area contributed by atoms with Gasteiger partial charge in [-0.05, 0) is 51.8 Å². The van der Waals surface area contributed by atoms with Crippen LogP contribution in [0.3, 0.4) is 0 Å². The molecule has 8 heteroatoms. The molecule has 3 aromatic rings. The van der Waals surface area contributed by atoms with E-state index in [9.17, 15) is 9.59 Å². The highest BCUT2D eigenvalue weighted by Gasteiger charge is 2.23. The molecular weight excluding hydrogens is 424 g/mol. The third-order valence-corrected chi connectivity index (χ3v) is 4.96. The van der Waals surface area contributed by atoms with Crippen molar-refractivity contribution in [3.8, 4) is 0 Å². The Labute approximate surface area is 171 Å². The molecule has 1 amide bonds. The maximum atomic E-state index is 11.5. The fraction of sp³-hybridized carbons (Fsp3) is 0.450. The highest BCUT2D eigenvalue weighted by Crippen LogP contribution is 2.23. The van der Waals surface area contributed by atoms with Crippen LogP contribution in [0.25, 0.3) is 21.9 Å². The van der Waals surface area contributed by atoms with Crippen LogP contribution in [0.4, 0.5) is 4.79 Å². The van der Waals surface area contributed by atoms with Gasteiger partial charge in [-0.3, -0.25) is 9.55 Å². The molecule has 0 spiro atoms. The van der Waals surface area contributed by atoms with E-state index in [2.05, 4.69) is 25.9 Å². The number of carbonyl (C=O) groups excluding carboxylic acids is 1. The number of nitrogens with zero attached hydrogens (tertiary/aromatic N) is 3. The van der Waals surface area contributed by atoms with Gasteiger partial charge in [-0.25, -0.2) is 9.59 Å². The smallest absolute Gasteiger partial charge is 0.410 e. The van der Waals surface area contributed by atoms with E-state index in [1.165, 1.54) is 0 Å². The third kappa shape index (κ3) is 4.55. The van der Waals surface area contributed by atoms with E-state index >= 15 is 0 Å². The van der Waals surface area contributed by atoms with Gasteiger partial charge in [0.2, 0.25) is 0 Å². The second kappa shape index (κ2) is 7.95. The first-order valence-corrected chi connectivity index (χ1v) is 10.1. The maximum absolute atomic E-state index is 11.5. The van der Waals surface area contributed by atoms with E-state index in [4.69, 9.17) is 4.74 Å². The SMILES string of the molecule is CC(C)(C)OC(=O)N1CCCC1.Cn1c(=O)[nH]c2c3cc(Br)ccc3ncc21. The van der Waals surface area contributed by atoms with Crippen LogP contribution in [0.1, 0.15) is 33.6 Å². The summed E-state index contributed by atoms with van der Waals surface area (Å²) in [5.74, 6) is 0. The Kier molecular flexibility index (Phi) is 5.79. The van der Waals surface area contributed by atoms with Gasteiger partial charge >= 0.3 is 11.8 Å². The average molecular weight is 449 g/mol. The number of hydrogen-bond acceptors (Lipinski definition) is 4. The Morgan fingerprint density at radius 3 is 2.57 bits per heavy atom. The molecule has 0 atom stereocenters. The highest BCUT2D eigenvalue weighted by molar-refractivity contribution is 9.10. The number of pyridine rings is 1. The number of benzene rings is 1. The second-order valence-corrected chi connectivity index (χ2v) is 8.76. The average Bonchev–Trinajstić information content (AvgIpc) is 3.24. The molecule has 1 saturated heterocycles. The van der Waals surface area contributed by atoms with Gasteiger partial charge in [-0.15, -0.1) is 0 Å². The summed E-state index contributed by atoms with van der Waals surface area (Å²) >= 11 is 3.42. The van der Waals surface area contributed by atoms with Crippen molar-refractivity contribution in [2.45, 2.75) is 39.2 Å². The number of aryl methyl sites for hydroxylation is 1. The molecule has 0 unspecified atom stereocenters. The Bertz CT molecular complexity index is 1060. The number of amides is 1. The molecule has 0 saturated carbocycles. The van der Waals surface area contributed by atoms with Crippen molar-refractivity contribution in [2.75, 3.05) is 13.1 Å². The summed E-state index contributed by atoms with van der Waals surface area (Å²) in [5, 5.41) is 0.949. The van der Waals surface area contributed by atoms with Crippen LogP contribution in [0.2, 0.25) is 0 Å². The first-order valence-electron chi connectivity index (χ1n) is 9.26. The van der Waals surface area contributed by atoms with Crippen LogP contribution in [0.15, 0.2) is 33.7 Å². The molecule has 1 aliphatic rings. The van der Waals surface area contributed by atoms with Crippen molar-refractivity contribution in [3.63, 3.8) is 0 Å². The number of aromatic nitrogens is 3. The largest absolute Gasteiger partial charge is 0.444 e. The number of H-pyrrole nitrogens is 1. The van der Waals surface area contributed by atoms with Gasteiger partial charge in [0.25, 0.3) is 0 Å². The lowest BCUT2D eigenvalue weighted by Gasteiger charge is -2.23. The number of fused-ring (bicyclic) bond motifs is 3. The summed E-state index contributed by atoms with van der Waals surface area (Å²) in [7, 11) is 1.73. The van der Waals surface area contributed by atoms with Crippen molar-refractivity contribution in [1.82, 2.24) is 19.4 Å². The zero-order valence-corrected chi connectivity index (χ0v) is 18.2. The first-order chi connectivity index (χ1) is 13.2. The second-order valence-electron chi connectivity index (χ2n) is 7.84. The van der Waals surface area contributed by atoms with Gasteiger partial charge in [-0.1, -0.05) is 15.9 Å². The predicted octanol–water partition coefficient (Wildman–Crippen LogP) is 4.19. The van der Waals surface area contributed by atoms with Crippen LogP contribution >= 0.6 is 15.9 Å². The van der Waals surface area contributed by atoms with Crippen LogP contribution in [-0.4, -0.2) is 44.2 Å². The summed E-state index contributed by atoms with van der Waals surface area (Å²) < 4.78 is 7.74. The number of likely N-dealkylation sites (tertiary alicyclic amines) is 1. The van der Waals surface area contributed by atoms with Gasteiger partial charge in [0.15, 0.2) is 0 Å². The number of halogens is 1. The number of nitrogens with one attached hydrogen (secondary N) is 1. The molecule has 7 nitrogen and oxygen atoms in total. The lowest BCUT2D eigenvalue weighted by atomic mass is 10.2. The van der Waals surface area contributed by atoms with Gasteiger partial charge in [0, 0.05) is 30.0 Å².